The fourth-order valence-corrected chi connectivity index (χ4v) is 1.09. The highest BCUT2D eigenvalue weighted by Crippen LogP contribution is 2.29. The van der Waals surface area contributed by atoms with E-state index in [4.69, 9.17) is 5.11 Å². The number of aromatic carboxylic acids is 1. The predicted molar refractivity (Wildman–Crippen MR) is 47.4 cm³/mol. The molecule has 0 spiro atoms. The molecule has 0 atom stereocenters. The van der Waals surface area contributed by atoms with Gasteiger partial charge in [-0.25, -0.2) is 4.79 Å². The van der Waals surface area contributed by atoms with E-state index in [1.807, 2.05) is 0 Å². The van der Waals surface area contributed by atoms with Crippen LogP contribution in [0.25, 0.3) is 0 Å². The van der Waals surface area contributed by atoms with Gasteiger partial charge in [-0.1, -0.05) is 0 Å². The molecule has 0 saturated heterocycles. The van der Waals surface area contributed by atoms with Crippen molar-refractivity contribution in [2.75, 3.05) is 0 Å². The van der Waals surface area contributed by atoms with Crippen LogP contribution < -0.4 is 10.3 Å². The van der Waals surface area contributed by atoms with E-state index >= 15 is 0 Å². The zero-order valence-electron chi connectivity index (χ0n) is 8.15. The van der Waals surface area contributed by atoms with E-state index in [0.29, 0.717) is 0 Å². The molecule has 0 saturated carbocycles. The molecule has 0 radical (unpaired) electrons. The highest BCUT2D eigenvalue weighted by atomic mass is 19.4. The molecule has 18 heavy (non-hydrogen) atoms. The van der Waals surface area contributed by atoms with Gasteiger partial charge in [0.15, 0.2) is 11.3 Å². The number of H-pyrrole nitrogens is 1. The van der Waals surface area contributed by atoms with Crippen LogP contribution in [-0.4, -0.2) is 27.3 Å². The zero-order chi connectivity index (χ0) is 14.1. The molecule has 1 rings (SSSR count). The number of hydrogen-bond acceptors (Lipinski definition) is 5. The van der Waals surface area contributed by atoms with Crippen LogP contribution in [0.15, 0.2) is 11.0 Å². The van der Waals surface area contributed by atoms with Crippen LogP contribution in [0.3, 0.4) is 0 Å². The summed E-state index contributed by atoms with van der Waals surface area (Å²) >= 11 is 0. The number of alkyl halides is 3. The van der Waals surface area contributed by atoms with Crippen molar-refractivity contribution in [3.8, 4) is 5.75 Å². The van der Waals surface area contributed by atoms with Crippen molar-refractivity contribution < 1.29 is 32.7 Å². The Morgan fingerprint density at radius 2 is 2.06 bits per heavy atom. The van der Waals surface area contributed by atoms with E-state index in [9.17, 15) is 32.9 Å². The van der Waals surface area contributed by atoms with E-state index in [2.05, 4.69) is 4.74 Å². The lowest BCUT2D eigenvalue weighted by Crippen LogP contribution is -2.23. The van der Waals surface area contributed by atoms with Crippen molar-refractivity contribution >= 4 is 11.7 Å². The summed E-state index contributed by atoms with van der Waals surface area (Å²) in [6.07, 6.45) is -4.97. The molecule has 8 nitrogen and oxygen atoms in total. The third-order valence-electron chi connectivity index (χ3n) is 1.65. The van der Waals surface area contributed by atoms with Gasteiger partial charge in [-0.05, 0) is 0 Å². The summed E-state index contributed by atoms with van der Waals surface area (Å²) in [5.41, 5.74) is -4.46. The maximum Gasteiger partial charge on any atom is 0.573 e. The van der Waals surface area contributed by atoms with Crippen molar-refractivity contribution in [2.45, 2.75) is 6.36 Å². The first-order valence-corrected chi connectivity index (χ1v) is 4.02. The SMILES string of the molecule is O=C(O)c1c(OC(F)(F)F)c[nH]c(=O)c1[N+](=O)[O-]. The normalized spacial score (nSPS) is 11.1. The fourth-order valence-electron chi connectivity index (χ4n) is 1.09. The zero-order valence-corrected chi connectivity index (χ0v) is 8.15. The fraction of sp³-hybridized carbons (Fsp3) is 0.143. The minimum atomic E-state index is -5.25. The third-order valence-corrected chi connectivity index (χ3v) is 1.65. The van der Waals surface area contributed by atoms with E-state index in [1.54, 1.807) is 4.98 Å². The lowest BCUT2D eigenvalue weighted by atomic mass is 10.2. The van der Waals surface area contributed by atoms with E-state index in [1.165, 1.54) is 0 Å². The first kappa shape index (κ1) is 13.5. The van der Waals surface area contributed by atoms with Gasteiger partial charge in [-0.15, -0.1) is 13.2 Å². The molecule has 1 aromatic heterocycles. The number of nitrogens with zero attached hydrogens (tertiary/aromatic N) is 1. The Bertz CT molecular complexity index is 563. The van der Waals surface area contributed by atoms with Crippen LogP contribution in [0.5, 0.6) is 5.75 Å². The van der Waals surface area contributed by atoms with Crippen molar-refractivity contribution in [2.24, 2.45) is 0 Å². The highest BCUT2D eigenvalue weighted by molar-refractivity contribution is 5.95. The molecule has 1 heterocycles. The Balaban J connectivity index is 3.55. The molecular formula is C7H3F3N2O6. The summed E-state index contributed by atoms with van der Waals surface area (Å²) < 4.78 is 39.1. The lowest BCUT2D eigenvalue weighted by molar-refractivity contribution is -0.386. The second-order valence-corrected chi connectivity index (χ2v) is 2.82. The predicted octanol–water partition coefficient (Wildman–Crippen LogP) is 0.880. The number of aromatic nitrogens is 1. The molecule has 11 heteroatoms. The van der Waals surface area contributed by atoms with Gasteiger partial charge in [-0.2, -0.15) is 0 Å². The van der Waals surface area contributed by atoms with Gasteiger partial charge in [0.05, 0.1) is 4.92 Å². The quantitative estimate of drug-likeness (QED) is 0.619. The molecule has 0 aliphatic carbocycles. The first-order valence-electron chi connectivity index (χ1n) is 4.02. The molecule has 0 aliphatic heterocycles. The molecule has 0 unspecified atom stereocenters. The summed E-state index contributed by atoms with van der Waals surface area (Å²) in [5, 5.41) is 19.1. The Labute approximate surface area is 94.8 Å². The number of nitro groups is 1. The molecule has 1 aromatic rings. The number of pyridine rings is 1. The molecule has 98 valence electrons. The van der Waals surface area contributed by atoms with Crippen LogP contribution in [0.1, 0.15) is 10.4 Å². The van der Waals surface area contributed by atoms with Crippen molar-refractivity contribution in [1.82, 2.24) is 4.98 Å². The maximum atomic E-state index is 11.9. The molecule has 0 bridgehead atoms. The van der Waals surface area contributed by atoms with Crippen molar-refractivity contribution in [1.29, 1.82) is 0 Å². The van der Waals surface area contributed by atoms with Gasteiger partial charge >= 0.3 is 23.6 Å². The van der Waals surface area contributed by atoms with E-state index < -0.39 is 39.8 Å². The van der Waals surface area contributed by atoms with Crippen LogP contribution in [0.2, 0.25) is 0 Å². The van der Waals surface area contributed by atoms with Gasteiger partial charge in [0.25, 0.3) is 0 Å². The van der Waals surface area contributed by atoms with Gasteiger partial charge in [0, 0.05) is 6.20 Å². The summed E-state index contributed by atoms with van der Waals surface area (Å²) in [6.45, 7) is 0. The smallest absolute Gasteiger partial charge is 0.477 e. The Kier molecular flexibility index (Phi) is 3.26. The second-order valence-electron chi connectivity index (χ2n) is 2.82. The van der Waals surface area contributed by atoms with Gasteiger partial charge in [0.1, 0.15) is 0 Å². The molecule has 0 aliphatic rings. The first-order chi connectivity index (χ1) is 8.13. The number of carboxylic acid groups (broad SMARTS) is 1. The monoisotopic (exact) mass is 268 g/mol. The highest BCUT2D eigenvalue weighted by Gasteiger charge is 2.37. The Hall–Kier alpha value is -2.59. The minimum Gasteiger partial charge on any atom is -0.477 e. The van der Waals surface area contributed by atoms with Crippen LogP contribution in [-0.2, 0) is 0 Å². The number of nitrogens with one attached hydrogen (secondary N) is 1. The summed E-state index contributed by atoms with van der Waals surface area (Å²) in [7, 11) is 0. The topological polar surface area (TPSA) is 123 Å². The number of carboxylic acids is 1. The molecule has 0 fully saturated rings. The molecule has 2 N–H and O–H groups in total. The molecule has 0 amide bonds. The average Bonchev–Trinajstić information content (AvgIpc) is 2.17. The van der Waals surface area contributed by atoms with E-state index in [-0.39, 0.29) is 6.20 Å². The molecular weight excluding hydrogens is 265 g/mol. The van der Waals surface area contributed by atoms with E-state index in [0.717, 1.165) is 0 Å². The van der Waals surface area contributed by atoms with Crippen molar-refractivity contribution in [3.63, 3.8) is 0 Å². The van der Waals surface area contributed by atoms with Crippen LogP contribution in [0, 0.1) is 10.1 Å². The number of ether oxygens (including phenoxy) is 1. The second kappa shape index (κ2) is 4.35. The lowest BCUT2D eigenvalue weighted by Gasteiger charge is -2.10. The number of aromatic amines is 1. The van der Waals surface area contributed by atoms with Crippen LogP contribution >= 0.6 is 0 Å². The summed E-state index contributed by atoms with van der Waals surface area (Å²) in [6, 6.07) is 0. The number of hydrogen-bond donors (Lipinski definition) is 2. The Morgan fingerprint density at radius 3 is 2.44 bits per heavy atom. The number of rotatable bonds is 3. The van der Waals surface area contributed by atoms with Gasteiger partial charge < -0.3 is 14.8 Å². The number of halogens is 3. The third kappa shape index (κ3) is 2.75. The van der Waals surface area contributed by atoms with Gasteiger partial charge in [-0.3, -0.25) is 14.9 Å². The largest absolute Gasteiger partial charge is 0.573 e. The molecule has 0 aromatic carbocycles. The number of carbonyl (C=O) groups is 1. The standard InChI is InChI=1S/C7H3F3N2O6/c8-7(9,10)18-2-1-11-5(13)4(12(16)17)3(2)6(14)15/h1H,(H,11,13)(H,14,15). The maximum absolute atomic E-state index is 11.9. The summed E-state index contributed by atoms with van der Waals surface area (Å²) in [5.74, 6) is -3.46. The minimum absolute atomic E-state index is 0.284. The Morgan fingerprint density at radius 1 is 1.50 bits per heavy atom. The summed E-state index contributed by atoms with van der Waals surface area (Å²) in [4.78, 5) is 32.3. The van der Waals surface area contributed by atoms with Gasteiger partial charge in [0.2, 0.25) is 0 Å². The average molecular weight is 268 g/mol. The van der Waals surface area contributed by atoms with Crippen LogP contribution in [0.4, 0.5) is 18.9 Å². The van der Waals surface area contributed by atoms with Crippen molar-refractivity contribution in [3.05, 3.63) is 32.2 Å².